The number of carbonyl (C=O) groups is 1. The number of rotatable bonds is 5. The van der Waals surface area contributed by atoms with E-state index in [4.69, 9.17) is 13.7 Å². The average Bonchev–Trinajstić information content (AvgIpc) is 3.03. The number of methoxy groups -OCH3 is 1. The number of fused-ring (bicyclic) bond motifs is 1. The molecule has 0 amide bonds. The van der Waals surface area contributed by atoms with E-state index in [-0.39, 0.29) is 27.9 Å². The molecule has 1 aliphatic heterocycles. The van der Waals surface area contributed by atoms with E-state index < -0.39 is 10.1 Å². The minimum absolute atomic E-state index is 0.0194. The van der Waals surface area contributed by atoms with Gasteiger partial charge in [0.05, 0.1) is 12.7 Å². The molecule has 0 aliphatic carbocycles. The van der Waals surface area contributed by atoms with Crippen molar-refractivity contribution in [3.63, 3.8) is 0 Å². The smallest absolute Gasteiger partial charge is 0.339 e. The summed E-state index contributed by atoms with van der Waals surface area (Å²) in [6.07, 6.45) is 4.81. The van der Waals surface area contributed by atoms with Crippen LogP contribution in [-0.4, -0.2) is 26.3 Å². The lowest BCUT2D eigenvalue weighted by atomic mass is 10.1. The minimum atomic E-state index is -4.05. The van der Waals surface area contributed by atoms with Gasteiger partial charge in [0, 0.05) is 18.5 Å². The van der Waals surface area contributed by atoms with Gasteiger partial charge >= 0.3 is 10.1 Å². The Hall–Kier alpha value is -3.65. The molecule has 8 heteroatoms. The molecule has 0 atom stereocenters. The number of carbonyl (C=O) groups excluding carboxylic acids is 1. The highest BCUT2D eigenvalue weighted by atomic mass is 32.2. The molecular weight excluding hydrogens is 394 g/mol. The molecule has 0 spiro atoms. The highest BCUT2D eigenvalue weighted by molar-refractivity contribution is 7.87. The first kappa shape index (κ1) is 18.7. The molecule has 0 bridgehead atoms. The van der Waals surface area contributed by atoms with E-state index in [0.29, 0.717) is 11.3 Å². The first-order chi connectivity index (χ1) is 14.0. The van der Waals surface area contributed by atoms with Crippen LogP contribution < -0.4 is 13.7 Å². The predicted octanol–water partition coefficient (Wildman–Crippen LogP) is 3.47. The molecule has 1 aromatic heterocycles. The standard InChI is InChI=1S/C21H15NO6S/c1-26-15-2-5-17(6-3-15)29(24,25)28-16-4-7-18-19(13-16)27-20(21(18)23)12-14-8-10-22-11-9-14/h2-13H,1H3/b20-12-. The molecule has 3 aromatic rings. The summed E-state index contributed by atoms with van der Waals surface area (Å²) in [4.78, 5) is 16.4. The summed E-state index contributed by atoms with van der Waals surface area (Å²) >= 11 is 0. The number of allylic oxidation sites excluding steroid dienone is 1. The van der Waals surface area contributed by atoms with E-state index in [2.05, 4.69) is 4.98 Å². The molecule has 2 aromatic carbocycles. The molecule has 146 valence electrons. The number of pyridine rings is 1. The van der Waals surface area contributed by atoms with Crippen molar-refractivity contribution in [2.75, 3.05) is 7.11 Å². The summed E-state index contributed by atoms with van der Waals surface area (Å²) in [5.74, 6) is 0.653. The minimum Gasteiger partial charge on any atom is -0.497 e. The van der Waals surface area contributed by atoms with Crippen LogP contribution in [-0.2, 0) is 10.1 Å². The van der Waals surface area contributed by atoms with Crippen LogP contribution in [0.5, 0.6) is 17.2 Å². The summed E-state index contributed by atoms with van der Waals surface area (Å²) in [5, 5.41) is 0. The molecule has 0 N–H and O–H groups in total. The molecule has 0 fully saturated rings. The Bertz CT molecular complexity index is 1200. The number of ether oxygens (including phenoxy) is 2. The van der Waals surface area contributed by atoms with Crippen LogP contribution in [0.2, 0.25) is 0 Å². The Morgan fingerprint density at radius 1 is 0.966 bits per heavy atom. The van der Waals surface area contributed by atoms with E-state index in [1.165, 1.54) is 49.6 Å². The van der Waals surface area contributed by atoms with Crippen molar-refractivity contribution in [1.29, 1.82) is 0 Å². The number of nitrogens with zero attached hydrogens (tertiary/aromatic N) is 1. The van der Waals surface area contributed by atoms with Gasteiger partial charge in [0.15, 0.2) is 5.76 Å². The molecule has 2 heterocycles. The van der Waals surface area contributed by atoms with Gasteiger partial charge < -0.3 is 13.7 Å². The quantitative estimate of drug-likeness (QED) is 0.471. The molecule has 0 saturated carbocycles. The highest BCUT2D eigenvalue weighted by Gasteiger charge is 2.28. The van der Waals surface area contributed by atoms with Crippen LogP contribution in [0.1, 0.15) is 15.9 Å². The zero-order valence-corrected chi connectivity index (χ0v) is 16.0. The molecule has 29 heavy (non-hydrogen) atoms. The maximum atomic E-state index is 12.5. The predicted molar refractivity (Wildman–Crippen MR) is 104 cm³/mol. The van der Waals surface area contributed by atoms with Gasteiger partial charge in [0.25, 0.3) is 0 Å². The monoisotopic (exact) mass is 409 g/mol. The molecule has 0 unspecified atom stereocenters. The molecule has 0 radical (unpaired) electrons. The second kappa shape index (κ2) is 7.40. The highest BCUT2D eigenvalue weighted by Crippen LogP contribution is 2.35. The Kier molecular flexibility index (Phi) is 4.77. The molecular formula is C21H15NO6S. The SMILES string of the molecule is COc1ccc(S(=O)(=O)Oc2ccc3c(c2)O/C(=C\c2ccncc2)C3=O)cc1. The van der Waals surface area contributed by atoms with Crippen LogP contribution in [0.4, 0.5) is 0 Å². The zero-order valence-electron chi connectivity index (χ0n) is 15.2. The molecule has 1 aliphatic rings. The second-order valence-corrected chi connectivity index (χ2v) is 7.64. The van der Waals surface area contributed by atoms with Gasteiger partial charge in [0.2, 0.25) is 5.78 Å². The van der Waals surface area contributed by atoms with Crippen molar-refractivity contribution in [3.05, 3.63) is 83.9 Å². The Morgan fingerprint density at radius 2 is 1.66 bits per heavy atom. The van der Waals surface area contributed by atoms with Crippen molar-refractivity contribution in [2.45, 2.75) is 4.90 Å². The lowest BCUT2D eigenvalue weighted by molar-refractivity contribution is 0.101. The van der Waals surface area contributed by atoms with E-state index in [9.17, 15) is 13.2 Å². The van der Waals surface area contributed by atoms with Crippen molar-refractivity contribution < 1.29 is 26.9 Å². The number of ketones is 1. The van der Waals surface area contributed by atoms with Gasteiger partial charge in [-0.1, -0.05) is 0 Å². The van der Waals surface area contributed by atoms with Gasteiger partial charge in [-0.15, -0.1) is 0 Å². The summed E-state index contributed by atoms with van der Waals surface area (Å²) < 4.78 is 40.8. The summed E-state index contributed by atoms with van der Waals surface area (Å²) in [6, 6.07) is 13.6. The van der Waals surface area contributed by atoms with Crippen LogP contribution in [0, 0.1) is 0 Å². The maximum Gasteiger partial charge on any atom is 0.339 e. The van der Waals surface area contributed by atoms with E-state index in [1.54, 1.807) is 30.6 Å². The Morgan fingerprint density at radius 3 is 2.34 bits per heavy atom. The van der Waals surface area contributed by atoms with Crippen LogP contribution >= 0.6 is 0 Å². The number of hydrogen-bond donors (Lipinski definition) is 0. The van der Waals surface area contributed by atoms with E-state index in [1.807, 2.05) is 0 Å². The maximum absolute atomic E-state index is 12.5. The van der Waals surface area contributed by atoms with Crippen molar-refractivity contribution in [1.82, 2.24) is 4.98 Å². The second-order valence-electron chi connectivity index (χ2n) is 6.09. The van der Waals surface area contributed by atoms with E-state index in [0.717, 1.165) is 5.56 Å². The third-order valence-corrected chi connectivity index (χ3v) is 5.46. The average molecular weight is 409 g/mol. The van der Waals surface area contributed by atoms with Gasteiger partial charge in [-0.3, -0.25) is 9.78 Å². The fourth-order valence-electron chi connectivity index (χ4n) is 2.75. The first-order valence-corrected chi connectivity index (χ1v) is 9.94. The Balaban J connectivity index is 1.58. The number of aromatic nitrogens is 1. The van der Waals surface area contributed by atoms with Crippen molar-refractivity contribution >= 4 is 22.0 Å². The van der Waals surface area contributed by atoms with Crippen molar-refractivity contribution in [3.8, 4) is 17.2 Å². The third kappa shape index (κ3) is 3.83. The van der Waals surface area contributed by atoms with Gasteiger partial charge in [-0.2, -0.15) is 8.42 Å². The number of Topliss-reactive ketones (excluding diaryl/α,β-unsaturated/α-hetero) is 1. The van der Waals surface area contributed by atoms with Gasteiger partial charge in [-0.05, 0) is 60.2 Å². The van der Waals surface area contributed by atoms with Crippen LogP contribution in [0.15, 0.2) is 77.6 Å². The summed E-state index contributed by atoms with van der Waals surface area (Å²) in [7, 11) is -2.56. The fraction of sp³-hybridized carbons (Fsp3) is 0.0476. The topological polar surface area (TPSA) is 91.8 Å². The number of benzene rings is 2. The number of hydrogen-bond acceptors (Lipinski definition) is 7. The van der Waals surface area contributed by atoms with Crippen LogP contribution in [0.3, 0.4) is 0 Å². The van der Waals surface area contributed by atoms with Gasteiger partial charge in [-0.25, -0.2) is 0 Å². The summed E-state index contributed by atoms with van der Waals surface area (Å²) in [5.41, 5.74) is 1.09. The van der Waals surface area contributed by atoms with Gasteiger partial charge in [0.1, 0.15) is 22.1 Å². The molecule has 7 nitrogen and oxygen atoms in total. The summed E-state index contributed by atoms with van der Waals surface area (Å²) in [6.45, 7) is 0. The largest absolute Gasteiger partial charge is 0.497 e. The fourth-order valence-corrected chi connectivity index (χ4v) is 3.67. The third-order valence-electron chi connectivity index (χ3n) is 4.20. The molecule has 4 rings (SSSR count). The lowest BCUT2D eigenvalue weighted by Gasteiger charge is -2.08. The zero-order chi connectivity index (χ0) is 20.4. The normalized spacial score (nSPS) is 14.4. The van der Waals surface area contributed by atoms with Crippen LogP contribution in [0.25, 0.3) is 6.08 Å². The first-order valence-electron chi connectivity index (χ1n) is 8.53. The van der Waals surface area contributed by atoms with Crippen molar-refractivity contribution in [2.24, 2.45) is 0 Å². The van der Waals surface area contributed by atoms with E-state index >= 15 is 0 Å². The Labute approximate surface area is 167 Å². The molecule has 0 saturated heterocycles. The lowest BCUT2D eigenvalue weighted by Crippen LogP contribution is -2.09.